The zero-order chi connectivity index (χ0) is 18.8. The summed E-state index contributed by atoms with van der Waals surface area (Å²) in [6.07, 6.45) is 2.08. The topological polar surface area (TPSA) is 52.0 Å². The van der Waals surface area contributed by atoms with Crippen LogP contribution in [0.25, 0.3) is 0 Å². The molecule has 4 rings (SSSR count). The maximum atomic E-state index is 13.3. The summed E-state index contributed by atoms with van der Waals surface area (Å²) in [5.41, 5.74) is 1.66. The molecule has 1 saturated heterocycles. The molecule has 0 aliphatic carbocycles. The second-order valence-corrected chi connectivity index (χ2v) is 7.27. The molecule has 0 bridgehead atoms. The van der Waals surface area contributed by atoms with E-state index in [2.05, 4.69) is 11.4 Å². The highest BCUT2D eigenvalue weighted by atomic mass is 35.5. The van der Waals surface area contributed by atoms with Gasteiger partial charge >= 0.3 is 0 Å². The number of amides is 1. The molecule has 0 saturated carbocycles. The predicted octanol–water partition coefficient (Wildman–Crippen LogP) is 2.61. The molecule has 142 valence electrons. The molecule has 0 aromatic heterocycles. The summed E-state index contributed by atoms with van der Waals surface area (Å²) in [6.45, 7) is 2.39. The number of likely N-dealkylation sites (tertiary alicyclic amines) is 1. The van der Waals surface area contributed by atoms with Crippen molar-refractivity contribution in [3.05, 3.63) is 52.8 Å². The number of halogens is 2. The van der Waals surface area contributed by atoms with E-state index in [1.807, 2.05) is 12.1 Å². The van der Waals surface area contributed by atoms with E-state index in [9.17, 15) is 9.18 Å². The van der Waals surface area contributed by atoms with Gasteiger partial charge in [-0.25, -0.2) is 4.39 Å². The highest BCUT2D eigenvalue weighted by molar-refractivity contribution is 6.31. The van der Waals surface area contributed by atoms with Gasteiger partial charge in [0.15, 0.2) is 18.0 Å². The number of nitrogens with one attached hydrogen (secondary N) is 2. The Morgan fingerprint density at radius 3 is 2.81 bits per heavy atom. The van der Waals surface area contributed by atoms with Gasteiger partial charge in [-0.05, 0) is 36.4 Å². The summed E-state index contributed by atoms with van der Waals surface area (Å²) in [5, 5.41) is 2.80. The van der Waals surface area contributed by atoms with E-state index in [0.29, 0.717) is 25.4 Å². The molecule has 1 unspecified atom stereocenters. The van der Waals surface area contributed by atoms with Crippen LogP contribution in [-0.2, 0) is 4.79 Å². The lowest BCUT2D eigenvalue weighted by atomic mass is 10.0. The van der Waals surface area contributed by atoms with Gasteiger partial charge in [0, 0.05) is 24.1 Å². The summed E-state index contributed by atoms with van der Waals surface area (Å²) >= 11 is 5.78. The first kappa shape index (κ1) is 18.1. The lowest BCUT2D eigenvalue weighted by Crippen LogP contribution is -3.11. The third kappa shape index (κ3) is 4.01. The first-order valence-electron chi connectivity index (χ1n) is 9.09. The van der Waals surface area contributed by atoms with Crippen molar-refractivity contribution in [2.45, 2.75) is 18.9 Å². The Labute approximate surface area is 162 Å². The molecule has 2 aromatic rings. The molecule has 2 aromatic carbocycles. The molecule has 2 N–H and O–H groups in total. The van der Waals surface area contributed by atoms with Crippen molar-refractivity contribution in [1.29, 1.82) is 0 Å². The number of hydrogen-bond acceptors (Lipinski definition) is 3. The van der Waals surface area contributed by atoms with Crippen molar-refractivity contribution >= 4 is 23.2 Å². The standard InChI is InChI=1S/C20H20ClFN2O3/c21-15-11-14(4-5-16(15)22)23-20(25)12-24-7-1-2-17(24)13-3-6-18-19(10-13)27-9-8-26-18/h3-6,10-11,17H,1-2,7-9,12H2,(H,23,25)/p+1/t17-/m1/s1. The van der Waals surface area contributed by atoms with Crippen LogP contribution in [0.3, 0.4) is 0 Å². The lowest BCUT2D eigenvalue weighted by Gasteiger charge is -2.24. The van der Waals surface area contributed by atoms with Crippen molar-refractivity contribution in [2.75, 3.05) is 31.6 Å². The van der Waals surface area contributed by atoms with Gasteiger partial charge in [-0.3, -0.25) is 4.79 Å². The molecule has 2 aliphatic rings. The Morgan fingerprint density at radius 2 is 2.00 bits per heavy atom. The van der Waals surface area contributed by atoms with Gasteiger partial charge in [-0.15, -0.1) is 0 Å². The molecule has 7 heteroatoms. The largest absolute Gasteiger partial charge is 0.486 e. The van der Waals surface area contributed by atoms with Crippen LogP contribution in [0.2, 0.25) is 5.02 Å². The van der Waals surface area contributed by atoms with E-state index in [0.717, 1.165) is 36.4 Å². The number of rotatable bonds is 4. The summed E-state index contributed by atoms with van der Waals surface area (Å²) in [4.78, 5) is 13.7. The van der Waals surface area contributed by atoms with Gasteiger partial charge in [0.05, 0.1) is 11.6 Å². The highest BCUT2D eigenvalue weighted by Gasteiger charge is 2.32. The van der Waals surface area contributed by atoms with Gasteiger partial charge in [0.1, 0.15) is 25.1 Å². The molecule has 1 amide bonds. The molecule has 27 heavy (non-hydrogen) atoms. The van der Waals surface area contributed by atoms with Gasteiger partial charge in [-0.1, -0.05) is 11.6 Å². The third-order valence-electron chi connectivity index (χ3n) is 5.04. The lowest BCUT2D eigenvalue weighted by molar-refractivity contribution is -0.910. The number of anilines is 1. The monoisotopic (exact) mass is 391 g/mol. The Bertz CT molecular complexity index is 861. The number of quaternary nitrogens is 1. The minimum absolute atomic E-state index is 0.00419. The second-order valence-electron chi connectivity index (χ2n) is 6.86. The normalized spacial score (nSPS) is 21.1. The Kier molecular flexibility index (Phi) is 5.18. The first-order valence-corrected chi connectivity index (χ1v) is 9.47. The smallest absolute Gasteiger partial charge is 0.279 e. The van der Waals surface area contributed by atoms with Crippen LogP contribution in [0.4, 0.5) is 10.1 Å². The molecule has 5 nitrogen and oxygen atoms in total. The van der Waals surface area contributed by atoms with E-state index in [1.54, 1.807) is 0 Å². The predicted molar refractivity (Wildman–Crippen MR) is 100 cm³/mol. The van der Waals surface area contributed by atoms with Crippen LogP contribution in [0.5, 0.6) is 11.5 Å². The van der Waals surface area contributed by atoms with Crippen LogP contribution >= 0.6 is 11.6 Å². The van der Waals surface area contributed by atoms with Crippen molar-refractivity contribution in [1.82, 2.24) is 0 Å². The van der Waals surface area contributed by atoms with Crippen LogP contribution in [0, 0.1) is 5.82 Å². The van der Waals surface area contributed by atoms with Gasteiger partial charge < -0.3 is 19.7 Å². The summed E-state index contributed by atoms with van der Waals surface area (Å²) in [7, 11) is 0. The van der Waals surface area contributed by atoms with Crippen LogP contribution < -0.4 is 19.7 Å². The average molecular weight is 392 g/mol. The maximum absolute atomic E-state index is 13.3. The Balaban J connectivity index is 1.43. The highest BCUT2D eigenvalue weighted by Crippen LogP contribution is 2.33. The first-order chi connectivity index (χ1) is 13.1. The Morgan fingerprint density at radius 1 is 1.19 bits per heavy atom. The molecule has 0 spiro atoms. The Hall–Kier alpha value is -2.31. The fraction of sp³-hybridized carbons (Fsp3) is 0.350. The van der Waals surface area contributed by atoms with Crippen LogP contribution in [0.15, 0.2) is 36.4 Å². The van der Waals surface area contributed by atoms with E-state index >= 15 is 0 Å². The fourth-order valence-electron chi connectivity index (χ4n) is 3.79. The number of carbonyl (C=O) groups excluding carboxylic acids is 1. The van der Waals surface area contributed by atoms with Gasteiger partial charge in [-0.2, -0.15) is 0 Å². The number of carbonyl (C=O) groups is 1. The van der Waals surface area contributed by atoms with Crippen molar-refractivity contribution < 1.29 is 23.6 Å². The number of hydrogen-bond donors (Lipinski definition) is 2. The fourth-order valence-corrected chi connectivity index (χ4v) is 3.97. The van der Waals surface area contributed by atoms with E-state index in [-0.39, 0.29) is 17.0 Å². The number of ether oxygens (including phenoxy) is 2. The molecule has 2 aliphatic heterocycles. The summed E-state index contributed by atoms with van der Waals surface area (Å²) in [6, 6.07) is 10.5. The minimum Gasteiger partial charge on any atom is -0.486 e. The van der Waals surface area contributed by atoms with Crippen molar-refractivity contribution in [3.63, 3.8) is 0 Å². The summed E-state index contributed by atoms with van der Waals surface area (Å²) < 4.78 is 24.5. The molecular formula is C20H21ClFN2O3+. The van der Waals surface area contributed by atoms with E-state index < -0.39 is 5.82 Å². The van der Waals surface area contributed by atoms with Crippen LogP contribution in [-0.4, -0.2) is 32.2 Å². The number of fused-ring (bicyclic) bond motifs is 1. The van der Waals surface area contributed by atoms with Crippen molar-refractivity contribution in [2.24, 2.45) is 0 Å². The second kappa shape index (κ2) is 7.74. The minimum atomic E-state index is -0.501. The quantitative estimate of drug-likeness (QED) is 0.842. The van der Waals surface area contributed by atoms with Crippen molar-refractivity contribution in [3.8, 4) is 11.5 Å². The van der Waals surface area contributed by atoms with Gasteiger partial charge in [0.2, 0.25) is 0 Å². The maximum Gasteiger partial charge on any atom is 0.279 e. The SMILES string of the molecule is O=C(C[NH+]1CCC[C@@H]1c1ccc2c(c1)OCCO2)Nc1ccc(F)c(Cl)c1. The van der Waals surface area contributed by atoms with Crippen LogP contribution in [0.1, 0.15) is 24.4 Å². The molecule has 2 atom stereocenters. The van der Waals surface area contributed by atoms with E-state index in [4.69, 9.17) is 21.1 Å². The number of benzene rings is 2. The van der Waals surface area contributed by atoms with E-state index in [1.165, 1.54) is 23.1 Å². The molecule has 1 fully saturated rings. The molecule has 0 radical (unpaired) electrons. The van der Waals surface area contributed by atoms with Gasteiger partial charge in [0.25, 0.3) is 5.91 Å². The zero-order valence-electron chi connectivity index (χ0n) is 14.8. The molecule has 2 heterocycles. The zero-order valence-corrected chi connectivity index (χ0v) is 15.5. The average Bonchev–Trinajstić information content (AvgIpc) is 3.12. The molecular weight excluding hydrogens is 371 g/mol. The summed E-state index contributed by atoms with van der Waals surface area (Å²) in [5.74, 6) is 0.932. The third-order valence-corrected chi connectivity index (χ3v) is 5.33.